The van der Waals surface area contributed by atoms with E-state index in [1.54, 1.807) is 12.4 Å². The summed E-state index contributed by atoms with van der Waals surface area (Å²) in [6.07, 6.45) is 6.81. The lowest BCUT2D eigenvalue weighted by molar-refractivity contribution is 0.351. The third-order valence-electron chi connectivity index (χ3n) is 3.70. The summed E-state index contributed by atoms with van der Waals surface area (Å²) in [6.45, 7) is 6.47. The highest BCUT2D eigenvalue weighted by Gasteiger charge is 2.21. The number of nitrogens with zero attached hydrogens (tertiary/aromatic N) is 2. The number of aromatic amines is 1. The van der Waals surface area contributed by atoms with Crippen LogP contribution in [0.5, 0.6) is 0 Å². The molecule has 1 aromatic heterocycles. The van der Waals surface area contributed by atoms with Gasteiger partial charge in [-0.1, -0.05) is 13.8 Å². The van der Waals surface area contributed by atoms with Gasteiger partial charge in [0.15, 0.2) is 5.82 Å². The number of anilines is 1. The number of hydrogen-bond acceptors (Lipinski definition) is 3. The highest BCUT2D eigenvalue weighted by molar-refractivity contribution is 5.35. The fraction of sp³-hybridized carbons (Fsp3) is 0.692. The minimum Gasteiger partial charge on any atom is -0.352 e. The summed E-state index contributed by atoms with van der Waals surface area (Å²) in [5.74, 6) is 2.09. The van der Waals surface area contributed by atoms with Crippen LogP contribution in [0.3, 0.4) is 0 Å². The molecule has 2 heterocycles. The minimum absolute atomic E-state index is 0.0736. The maximum Gasteiger partial charge on any atom is 0.290 e. The molecule has 0 spiro atoms. The van der Waals surface area contributed by atoms with Crippen LogP contribution in [-0.2, 0) is 0 Å². The van der Waals surface area contributed by atoms with Crippen molar-refractivity contribution >= 4 is 5.82 Å². The molecule has 1 aromatic rings. The van der Waals surface area contributed by atoms with Gasteiger partial charge in [-0.2, -0.15) is 0 Å². The Morgan fingerprint density at radius 2 is 2.24 bits per heavy atom. The van der Waals surface area contributed by atoms with Crippen molar-refractivity contribution in [3.63, 3.8) is 0 Å². The molecule has 1 unspecified atom stereocenters. The Hall–Kier alpha value is -1.32. The molecule has 2 rings (SSSR count). The van der Waals surface area contributed by atoms with Gasteiger partial charge in [0, 0.05) is 25.5 Å². The normalized spacial score (nSPS) is 21.6. The first kappa shape index (κ1) is 12.1. The quantitative estimate of drug-likeness (QED) is 0.853. The van der Waals surface area contributed by atoms with Crippen LogP contribution in [0, 0.1) is 11.8 Å². The molecule has 1 aliphatic rings. The molecule has 1 atom stereocenters. The Morgan fingerprint density at radius 1 is 1.41 bits per heavy atom. The second-order valence-corrected chi connectivity index (χ2v) is 5.16. The van der Waals surface area contributed by atoms with E-state index in [-0.39, 0.29) is 5.56 Å². The standard InChI is InChI=1S/C13H21N3O/c1-10(2)11-4-3-8-16(9-5-11)12-13(17)15-7-6-14-12/h6-7,10-11H,3-5,8-9H2,1-2H3,(H,15,17). The molecule has 94 valence electrons. The average Bonchev–Trinajstić information content (AvgIpc) is 2.55. The highest BCUT2D eigenvalue weighted by atomic mass is 16.1. The number of H-pyrrole nitrogens is 1. The average molecular weight is 235 g/mol. The van der Waals surface area contributed by atoms with Crippen molar-refractivity contribution in [1.29, 1.82) is 0 Å². The Morgan fingerprint density at radius 3 is 2.94 bits per heavy atom. The van der Waals surface area contributed by atoms with Crippen molar-refractivity contribution in [3.05, 3.63) is 22.7 Å². The first-order valence-corrected chi connectivity index (χ1v) is 6.47. The van der Waals surface area contributed by atoms with E-state index in [0.717, 1.165) is 37.8 Å². The SMILES string of the molecule is CC(C)C1CCCN(c2ncc[nH]c2=O)CC1. The van der Waals surface area contributed by atoms with Gasteiger partial charge in [-0.3, -0.25) is 4.79 Å². The number of rotatable bonds is 2. The second-order valence-electron chi connectivity index (χ2n) is 5.16. The van der Waals surface area contributed by atoms with Crippen LogP contribution < -0.4 is 10.5 Å². The monoisotopic (exact) mass is 235 g/mol. The maximum atomic E-state index is 11.7. The first-order chi connectivity index (χ1) is 8.18. The number of nitrogens with one attached hydrogen (secondary N) is 1. The van der Waals surface area contributed by atoms with Crippen molar-refractivity contribution in [3.8, 4) is 0 Å². The van der Waals surface area contributed by atoms with Crippen LogP contribution in [0.25, 0.3) is 0 Å². The third kappa shape index (κ3) is 2.87. The van der Waals surface area contributed by atoms with Gasteiger partial charge in [-0.25, -0.2) is 4.98 Å². The van der Waals surface area contributed by atoms with Crippen molar-refractivity contribution in [2.24, 2.45) is 11.8 Å². The predicted molar refractivity (Wildman–Crippen MR) is 69.2 cm³/mol. The molecule has 1 aliphatic heterocycles. The van der Waals surface area contributed by atoms with Gasteiger partial charge in [-0.15, -0.1) is 0 Å². The van der Waals surface area contributed by atoms with Gasteiger partial charge in [0.25, 0.3) is 5.56 Å². The molecular formula is C13H21N3O. The summed E-state index contributed by atoms with van der Waals surface area (Å²) < 4.78 is 0. The van der Waals surface area contributed by atoms with E-state index in [1.807, 2.05) is 0 Å². The van der Waals surface area contributed by atoms with Crippen LogP contribution in [-0.4, -0.2) is 23.1 Å². The Labute approximate surface area is 102 Å². The maximum absolute atomic E-state index is 11.7. The van der Waals surface area contributed by atoms with Crippen molar-refractivity contribution in [1.82, 2.24) is 9.97 Å². The van der Waals surface area contributed by atoms with Gasteiger partial charge in [-0.05, 0) is 31.1 Å². The van der Waals surface area contributed by atoms with E-state index in [0.29, 0.717) is 5.82 Å². The Balaban J connectivity index is 2.09. The summed E-state index contributed by atoms with van der Waals surface area (Å²) in [7, 11) is 0. The molecule has 0 saturated carbocycles. The summed E-state index contributed by atoms with van der Waals surface area (Å²) in [5.41, 5.74) is -0.0736. The Bertz CT molecular complexity index is 413. The zero-order chi connectivity index (χ0) is 12.3. The first-order valence-electron chi connectivity index (χ1n) is 6.47. The fourth-order valence-electron chi connectivity index (χ4n) is 2.57. The largest absolute Gasteiger partial charge is 0.352 e. The molecule has 1 fully saturated rings. The van der Waals surface area contributed by atoms with Gasteiger partial charge in [0.2, 0.25) is 0 Å². The molecule has 4 heteroatoms. The van der Waals surface area contributed by atoms with Crippen LogP contribution in [0.1, 0.15) is 33.1 Å². The molecule has 4 nitrogen and oxygen atoms in total. The molecule has 0 amide bonds. The minimum atomic E-state index is -0.0736. The van der Waals surface area contributed by atoms with E-state index < -0.39 is 0 Å². The van der Waals surface area contributed by atoms with Gasteiger partial charge >= 0.3 is 0 Å². The van der Waals surface area contributed by atoms with Gasteiger partial charge in [0.1, 0.15) is 0 Å². The van der Waals surface area contributed by atoms with Crippen LogP contribution in [0.15, 0.2) is 17.2 Å². The van der Waals surface area contributed by atoms with Gasteiger partial charge < -0.3 is 9.88 Å². The molecule has 0 aliphatic carbocycles. The lowest BCUT2D eigenvalue weighted by Crippen LogP contribution is -2.31. The van der Waals surface area contributed by atoms with Gasteiger partial charge in [0.05, 0.1) is 0 Å². The molecular weight excluding hydrogens is 214 g/mol. The topological polar surface area (TPSA) is 49.0 Å². The molecule has 1 saturated heterocycles. The zero-order valence-corrected chi connectivity index (χ0v) is 10.6. The second kappa shape index (κ2) is 5.34. The molecule has 1 N–H and O–H groups in total. The lowest BCUT2D eigenvalue weighted by atomic mass is 9.89. The van der Waals surface area contributed by atoms with E-state index in [2.05, 4.69) is 28.7 Å². The van der Waals surface area contributed by atoms with Crippen molar-refractivity contribution in [2.75, 3.05) is 18.0 Å². The van der Waals surface area contributed by atoms with E-state index >= 15 is 0 Å². The summed E-state index contributed by atoms with van der Waals surface area (Å²) in [5, 5.41) is 0. The van der Waals surface area contributed by atoms with Crippen LogP contribution in [0.4, 0.5) is 5.82 Å². The summed E-state index contributed by atoms with van der Waals surface area (Å²) in [6, 6.07) is 0. The van der Waals surface area contributed by atoms with E-state index in [9.17, 15) is 4.79 Å². The molecule has 0 radical (unpaired) electrons. The molecule has 0 bridgehead atoms. The smallest absolute Gasteiger partial charge is 0.290 e. The summed E-state index contributed by atoms with van der Waals surface area (Å²) >= 11 is 0. The lowest BCUT2D eigenvalue weighted by Gasteiger charge is -2.21. The van der Waals surface area contributed by atoms with Crippen LogP contribution in [0.2, 0.25) is 0 Å². The molecule has 0 aromatic carbocycles. The zero-order valence-electron chi connectivity index (χ0n) is 10.6. The predicted octanol–water partition coefficient (Wildman–Crippen LogP) is 2.03. The van der Waals surface area contributed by atoms with E-state index in [4.69, 9.17) is 0 Å². The Kier molecular flexibility index (Phi) is 3.82. The molecule has 17 heavy (non-hydrogen) atoms. The van der Waals surface area contributed by atoms with Crippen molar-refractivity contribution < 1.29 is 0 Å². The van der Waals surface area contributed by atoms with Crippen molar-refractivity contribution in [2.45, 2.75) is 33.1 Å². The van der Waals surface area contributed by atoms with E-state index in [1.165, 1.54) is 6.42 Å². The highest BCUT2D eigenvalue weighted by Crippen LogP contribution is 2.25. The number of aromatic nitrogens is 2. The summed E-state index contributed by atoms with van der Waals surface area (Å²) in [4.78, 5) is 20.7. The fourth-order valence-corrected chi connectivity index (χ4v) is 2.57. The number of hydrogen-bond donors (Lipinski definition) is 1. The van der Waals surface area contributed by atoms with Crippen LogP contribution >= 0.6 is 0 Å². The third-order valence-corrected chi connectivity index (χ3v) is 3.70.